The Morgan fingerprint density at radius 2 is 2.21 bits per heavy atom. The molecule has 5 heteroatoms. The van der Waals surface area contributed by atoms with Crippen LogP contribution >= 0.6 is 11.8 Å². The maximum Gasteiger partial charge on any atom is 0.147 e. The Morgan fingerprint density at radius 1 is 1.57 bits per heavy atom. The highest BCUT2D eigenvalue weighted by molar-refractivity contribution is 8.00. The highest BCUT2D eigenvalue weighted by Crippen LogP contribution is 2.40. The van der Waals surface area contributed by atoms with Crippen molar-refractivity contribution < 1.29 is 8.42 Å². The Kier molecular flexibility index (Phi) is 3.88. The molecule has 1 saturated heterocycles. The molecule has 84 valence electrons. The summed E-state index contributed by atoms with van der Waals surface area (Å²) in [7, 11) is -2.86. The quantitative estimate of drug-likeness (QED) is 0.793. The van der Waals surface area contributed by atoms with E-state index in [0.29, 0.717) is 6.42 Å². The molecule has 1 heterocycles. The number of sulfone groups is 1. The monoisotopic (exact) mass is 237 g/mol. The molecule has 0 saturated carbocycles. The predicted molar refractivity (Wildman–Crippen MR) is 62.4 cm³/mol. The van der Waals surface area contributed by atoms with Gasteiger partial charge in [-0.25, -0.2) is 8.42 Å². The Balaban J connectivity index is 2.45. The summed E-state index contributed by atoms with van der Waals surface area (Å²) in [6.45, 7) is 2.15. The molecule has 1 aliphatic rings. The highest BCUT2D eigenvalue weighted by Gasteiger charge is 2.35. The van der Waals surface area contributed by atoms with E-state index in [4.69, 9.17) is 5.73 Å². The van der Waals surface area contributed by atoms with E-state index >= 15 is 0 Å². The van der Waals surface area contributed by atoms with Crippen LogP contribution in [-0.4, -0.2) is 37.0 Å². The minimum absolute atomic E-state index is 0.00437. The SMILES string of the molecule is CC1(C(N)CCS(C)(=O)=O)CCCS1. The van der Waals surface area contributed by atoms with Crippen molar-refractivity contribution in [3.8, 4) is 0 Å². The molecule has 0 radical (unpaired) electrons. The van der Waals surface area contributed by atoms with E-state index in [-0.39, 0.29) is 16.5 Å². The first-order chi connectivity index (χ1) is 6.33. The van der Waals surface area contributed by atoms with E-state index in [1.807, 2.05) is 11.8 Å². The summed E-state index contributed by atoms with van der Waals surface area (Å²) in [5, 5.41) is 0. The van der Waals surface area contributed by atoms with Crippen LogP contribution in [0.2, 0.25) is 0 Å². The average molecular weight is 237 g/mol. The fraction of sp³-hybridized carbons (Fsp3) is 1.00. The highest BCUT2D eigenvalue weighted by atomic mass is 32.2. The molecule has 0 aromatic carbocycles. The maximum absolute atomic E-state index is 11.0. The molecule has 2 atom stereocenters. The third-order valence-electron chi connectivity index (χ3n) is 2.83. The summed E-state index contributed by atoms with van der Waals surface area (Å²) in [6.07, 6.45) is 4.17. The normalized spacial score (nSPS) is 30.5. The third kappa shape index (κ3) is 3.44. The van der Waals surface area contributed by atoms with Gasteiger partial charge in [-0.2, -0.15) is 11.8 Å². The summed E-state index contributed by atoms with van der Waals surface area (Å²) in [5.41, 5.74) is 6.04. The molecule has 0 aromatic rings. The number of rotatable bonds is 4. The van der Waals surface area contributed by atoms with Crippen LogP contribution in [0.3, 0.4) is 0 Å². The van der Waals surface area contributed by atoms with Gasteiger partial charge in [-0.1, -0.05) is 0 Å². The molecule has 0 aliphatic carbocycles. The van der Waals surface area contributed by atoms with Gasteiger partial charge in [-0.3, -0.25) is 0 Å². The van der Waals surface area contributed by atoms with E-state index < -0.39 is 9.84 Å². The summed E-state index contributed by atoms with van der Waals surface area (Å²) in [5.74, 6) is 1.37. The smallest absolute Gasteiger partial charge is 0.147 e. The zero-order chi connectivity index (χ0) is 10.8. The number of thioether (sulfide) groups is 1. The van der Waals surface area contributed by atoms with E-state index in [0.717, 1.165) is 12.2 Å². The van der Waals surface area contributed by atoms with Gasteiger partial charge in [0.15, 0.2) is 0 Å². The van der Waals surface area contributed by atoms with Gasteiger partial charge in [0.05, 0.1) is 5.75 Å². The van der Waals surface area contributed by atoms with E-state index in [2.05, 4.69) is 6.92 Å². The molecule has 0 bridgehead atoms. The Hall–Kier alpha value is 0.260. The molecule has 1 rings (SSSR count). The topological polar surface area (TPSA) is 60.2 Å². The summed E-state index contributed by atoms with van der Waals surface area (Å²) >= 11 is 1.88. The first-order valence-corrected chi connectivity index (χ1v) is 7.95. The van der Waals surface area contributed by atoms with Crippen molar-refractivity contribution in [2.24, 2.45) is 5.73 Å². The van der Waals surface area contributed by atoms with Gasteiger partial charge in [-0.15, -0.1) is 0 Å². The lowest BCUT2D eigenvalue weighted by molar-refractivity contribution is 0.472. The van der Waals surface area contributed by atoms with Crippen molar-refractivity contribution in [1.29, 1.82) is 0 Å². The van der Waals surface area contributed by atoms with Gasteiger partial charge in [0.1, 0.15) is 9.84 Å². The van der Waals surface area contributed by atoms with Crippen LogP contribution in [0.4, 0.5) is 0 Å². The van der Waals surface area contributed by atoms with Gasteiger partial charge in [0.2, 0.25) is 0 Å². The van der Waals surface area contributed by atoms with Crippen LogP contribution in [0.1, 0.15) is 26.2 Å². The largest absolute Gasteiger partial charge is 0.326 e. The first-order valence-electron chi connectivity index (χ1n) is 4.91. The lowest BCUT2D eigenvalue weighted by Gasteiger charge is -2.30. The van der Waals surface area contributed by atoms with E-state index in [9.17, 15) is 8.42 Å². The van der Waals surface area contributed by atoms with Crippen LogP contribution in [-0.2, 0) is 9.84 Å². The lowest BCUT2D eigenvalue weighted by atomic mass is 9.95. The van der Waals surface area contributed by atoms with Crippen LogP contribution in [0, 0.1) is 0 Å². The van der Waals surface area contributed by atoms with E-state index in [1.165, 1.54) is 12.7 Å². The predicted octanol–water partition coefficient (Wildman–Crippen LogP) is 1.03. The third-order valence-corrected chi connectivity index (χ3v) is 5.47. The standard InChI is InChI=1S/C9H19NO2S2/c1-9(5-3-6-13-9)8(10)4-7-14(2,11)12/h8H,3-7,10H2,1-2H3. The van der Waals surface area contributed by atoms with Crippen molar-refractivity contribution in [1.82, 2.24) is 0 Å². The van der Waals surface area contributed by atoms with Crippen molar-refractivity contribution in [3.63, 3.8) is 0 Å². The number of nitrogens with two attached hydrogens (primary N) is 1. The Bertz CT molecular complexity index is 281. The molecule has 14 heavy (non-hydrogen) atoms. The Morgan fingerprint density at radius 3 is 2.64 bits per heavy atom. The molecular formula is C9H19NO2S2. The van der Waals surface area contributed by atoms with Crippen molar-refractivity contribution >= 4 is 21.6 Å². The summed E-state index contributed by atoms with van der Waals surface area (Å²) in [4.78, 5) is 0. The average Bonchev–Trinajstić information content (AvgIpc) is 2.48. The fourth-order valence-electron chi connectivity index (χ4n) is 1.74. The maximum atomic E-state index is 11.0. The fourth-order valence-corrected chi connectivity index (χ4v) is 3.80. The number of hydrogen-bond donors (Lipinski definition) is 1. The summed E-state index contributed by atoms with van der Waals surface area (Å²) in [6, 6.07) is 0.00437. The second-order valence-electron chi connectivity index (χ2n) is 4.29. The number of hydrogen-bond acceptors (Lipinski definition) is 4. The first kappa shape index (κ1) is 12.3. The molecule has 0 amide bonds. The Labute approximate surface area is 90.7 Å². The second kappa shape index (κ2) is 4.41. The van der Waals surface area contributed by atoms with Gasteiger partial charge in [0, 0.05) is 17.0 Å². The van der Waals surface area contributed by atoms with Gasteiger partial charge in [-0.05, 0) is 31.9 Å². The molecule has 1 aliphatic heterocycles. The van der Waals surface area contributed by atoms with Crippen LogP contribution in [0.15, 0.2) is 0 Å². The van der Waals surface area contributed by atoms with Gasteiger partial charge < -0.3 is 5.73 Å². The van der Waals surface area contributed by atoms with Gasteiger partial charge >= 0.3 is 0 Å². The molecule has 0 spiro atoms. The minimum atomic E-state index is -2.86. The minimum Gasteiger partial charge on any atom is -0.326 e. The molecule has 1 fully saturated rings. The molecule has 2 N–H and O–H groups in total. The molecular weight excluding hydrogens is 218 g/mol. The zero-order valence-corrected chi connectivity index (χ0v) is 10.5. The lowest BCUT2D eigenvalue weighted by Crippen LogP contribution is -2.42. The zero-order valence-electron chi connectivity index (χ0n) is 8.82. The van der Waals surface area contributed by atoms with Crippen LogP contribution in [0.25, 0.3) is 0 Å². The van der Waals surface area contributed by atoms with Crippen molar-refractivity contribution in [3.05, 3.63) is 0 Å². The second-order valence-corrected chi connectivity index (χ2v) is 8.18. The van der Waals surface area contributed by atoms with Gasteiger partial charge in [0.25, 0.3) is 0 Å². The molecule has 2 unspecified atom stereocenters. The van der Waals surface area contributed by atoms with Crippen molar-refractivity contribution in [2.45, 2.75) is 37.0 Å². The van der Waals surface area contributed by atoms with Crippen LogP contribution in [0.5, 0.6) is 0 Å². The molecule has 0 aromatic heterocycles. The van der Waals surface area contributed by atoms with Crippen molar-refractivity contribution in [2.75, 3.05) is 17.8 Å². The summed E-state index contributed by atoms with van der Waals surface area (Å²) < 4.78 is 22.1. The molecule has 3 nitrogen and oxygen atoms in total. The van der Waals surface area contributed by atoms with Crippen LogP contribution < -0.4 is 5.73 Å². The van der Waals surface area contributed by atoms with E-state index in [1.54, 1.807) is 0 Å².